The molecule has 0 aromatic heterocycles. The van der Waals surface area contributed by atoms with Gasteiger partial charge in [-0.2, -0.15) is 0 Å². The molecule has 0 saturated heterocycles. The Morgan fingerprint density at radius 3 is 2.91 bits per heavy atom. The molecular formula is C18H22ClNO3. The Hall–Kier alpha value is -1.78. The minimum Gasteiger partial charge on any atom is -0.497 e. The van der Waals surface area contributed by atoms with Gasteiger partial charge in [0.2, 0.25) is 0 Å². The first kappa shape index (κ1) is 17.6. The van der Waals surface area contributed by atoms with Crippen molar-refractivity contribution in [2.45, 2.75) is 13.3 Å². The summed E-state index contributed by atoms with van der Waals surface area (Å²) >= 11 is 0. The van der Waals surface area contributed by atoms with Gasteiger partial charge in [-0.3, -0.25) is 4.90 Å². The maximum Gasteiger partial charge on any atom is 0.334 e. The number of hydrogen-bond donors (Lipinski definition) is 0. The zero-order valence-corrected chi connectivity index (χ0v) is 14.3. The summed E-state index contributed by atoms with van der Waals surface area (Å²) in [4.78, 5) is 14.1. The van der Waals surface area contributed by atoms with Crippen molar-refractivity contribution in [1.82, 2.24) is 4.90 Å². The van der Waals surface area contributed by atoms with E-state index < -0.39 is 0 Å². The molecule has 0 spiro atoms. The maximum absolute atomic E-state index is 11.8. The van der Waals surface area contributed by atoms with Crippen LogP contribution in [0, 0.1) is 0 Å². The van der Waals surface area contributed by atoms with Gasteiger partial charge in [-0.15, -0.1) is 12.4 Å². The fourth-order valence-corrected chi connectivity index (χ4v) is 2.94. The van der Waals surface area contributed by atoms with Crippen LogP contribution in [0.5, 0.6) is 5.75 Å². The van der Waals surface area contributed by atoms with Crippen LogP contribution in [0.15, 0.2) is 29.8 Å². The van der Waals surface area contributed by atoms with Crippen LogP contribution >= 0.6 is 12.4 Å². The van der Waals surface area contributed by atoms with Crippen molar-refractivity contribution in [2.75, 3.05) is 33.4 Å². The minimum atomic E-state index is -0.183. The molecule has 0 fully saturated rings. The lowest BCUT2D eigenvalue weighted by Gasteiger charge is -2.30. The van der Waals surface area contributed by atoms with Crippen molar-refractivity contribution in [2.24, 2.45) is 0 Å². The van der Waals surface area contributed by atoms with E-state index in [9.17, 15) is 4.79 Å². The third-order valence-corrected chi connectivity index (χ3v) is 4.10. The van der Waals surface area contributed by atoms with Gasteiger partial charge in [-0.05, 0) is 48.3 Å². The van der Waals surface area contributed by atoms with Crippen molar-refractivity contribution < 1.29 is 14.3 Å². The summed E-state index contributed by atoms with van der Waals surface area (Å²) in [6, 6.07) is 6.14. The molecule has 1 aliphatic carbocycles. The highest BCUT2D eigenvalue weighted by atomic mass is 35.5. The van der Waals surface area contributed by atoms with E-state index in [0.29, 0.717) is 13.2 Å². The standard InChI is InChI=1S/C18H21NO3.ClH/c1-3-22-18(20)14-5-4-8-19(11-14)12-15-9-13-6-7-16(21-2)10-17(13)15;/h5-7,9-10H,3-4,8,11-12H2,1-2H3;1H. The Labute approximate surface area is 143 Å². The van der Waals surface area contributed by atoms with E-state index in [1.807, 2.05) is 19.1 Å². The molecule has 23 heavy (non-hydrogen) atoms. The molecule has 2 aliphatic rings. The molecule has 1 aromatic carbocycles. The highest BCUT2D eigenvalue weighted by molar-refractivity contribution is 5.97. The van der Waals surface area contributed by atoms with Crippen molar-refractivity contribution in [1.29, 1.82) is 0 Å². The monoisotopic (exact) mass is 335 g/mol. The second-order valence-corrected chi connectivity index (χ2v) is 5.57. The second-order valence-electron chi connectivity index (χ2n) is 5.57. The molecule has 0 radical (unpaired) electrons. The fraction of sp³-hybridized carbons (Fsp3) is 0.389. The molecule has 124 valence electrons. The summed E-state index contributed by atoms with van der Waals surface area (Å²) in [6.07, 6.45) is 5.10. The van der Waals surface area contributed by atoms with E-state index in [0.717, 1.165) is 30.8 Å². The van der Waals surface area contributed by atoms with E-state index in [4.69, 9.17) is 9.47 Å². The van der Waals surface area contributed by atoms with E-state index in [1.54, 1.807) is 7.11 Å². The van der Waals surface area contributed by atoms with E-state index >= 15 is 0 Å². The molecular weight excluding hydrogens is 314 g/mol. The van der Waals surface area contributed by atoms with Crippen molar-refractivity contribution in [3.63, 3.8) is 0 Å². The van der Waals surface area contributed by atoms with Gasteiger partial charge in [0, 0.05) is 25.2 Å². The first-order valence-corrected chi connectivity index (χ1v) is 7.68. The Morgan fingerprint density at radius 1 is 1.35 bits per heavy atom. The van der Waals surface area contributed by atoms with Crippen molar-refractivity contribution in [3.8, 4) is 5.75 Å². The topological polar surface area (TPSA) is 38.8 Å². The largest absolute Gasteiger partial charge is 0.497 e. The number of rotatable bonds is 5. The lowest BCUT2D eigenvalue weighted by atomic mass is 9.87. The average molecular weight is 336 g/mol. The van der Waals surface area contributed by atoms with E-state index in [1.165, 1.54) is 16.7 Å². The van der Waals surface area contributed by atoms with Crippen molar-refractivity contribution >= 4 is 30.0 Å². The molecule has 3 rings (SSSR count). The van der Waals surface area contributed by atoms with Gasteiger partial charge >= 0.3 is 5.97 Å². The number of esters is 1. The number of hydrogen-bond acceptors (Lipinski definition) is 4. The Kier molecular flexibility index (Phi) is 5.85. The number of benzene rings is 1. The van der Waals surface area contributed by atoms with Crippen LogP contribution in [0.1, 0.15) is 24.5 Å². The summed E-state index contributed by atoms with van der Waals surface area (Å²) in [5, 5.41) is 0. The Balaban J connectivity index is 0.00000192. The van der Waals surface area contributed by atoms with Crippen LogP contribution in [-0.4, -0.2) is 44.2 Å². The fourth-order valence-electron chi connectivity index (χ4n) is 2.94. The van der Waals surface area contributed by atoms with Gasteiger partial charge in [0.1, 0.15) is 5.75 Å². The number of ether oxygens (including phenoxy) is 2. The smallest absolute Gasteiger partial charge is 0.334 e. The summed E-state index contributed by atoms with van der Waals surface area (Å²) in [5.74, 6) is 0.701. The summed E-state index contributed by atoms with van der Waals surface area (Å²) < 4.78 is 10.4. The normalized spacial score (nSPS) is 16.3. The molecule has 0 bridgehead atoms. The lowest BCUT2D eigenvalue weighted by molar-refractivity contribution is -0.138. The molecule has 5 heteroatoms. The van der Waals surface area contributed by atoms with Gasteiger partial charge in [0.25, 0.3) is 0 Å². The minimum absolute atomic E-state index is 0. The third-order valence-electron chi connectivity index (χ3n) is 4.10. The molecule has 0 unspecified atom stereocenters. The van der Waals surface area contributed by atoms with Gasteiger partial charge in [-0.25, -0.2) is 4.79 Å². The highest BCUT2D eigenvalue weighted by Crippen LogP contribution is 2.35. The van der Waals surface area contributed by atoms with E-state index in [2.05, 4.69) is 23.1 Å². The number of carbonyl (C=O) groups is 1. The summed E-state index contributed by atoms with van der Waals surface area (Å²) in [5.41, 5.74) is 4.60. The molecule has 0 amide bonds. The zero-order valence-electron chi connectivity index (χ0n) is 13.5. The first-order valence-electron chi connectivity index (χ1n) is 7.68. The van der Waals surface area contributed by atoms with Crippen LogP contribution in [0.2, 0.25) is 0 Å². The lowest BCUT2D eigenvalue weighted by Crippen LogP contribution is -2.34. The number of fused-ring (bicyclic) bond motifs is 1. The molecule has 0 saturated carbocycles. The second kappa shape index (κ2) is 7.66. The molecule has 1 aliphatic heterocycles. The highest BCUT2D eigenvalue weighted by Gasteiger charge is 2.23. The maximum atomic E-state index is 11.8. The summed E-state index contributed by atoms with van der Waals surface area (Å²) in [7, 11) is 1.69. The van der Waals surface area contributed by atoms with Gasteiger partial charge in [0.05, 0.1) is 13.7 Å². The van der Waals surface area contributed by atoms with Crippen molar-refractivity contribution in [3.05, 3.63) is 41.0 Å². The molecule has 0 atom stereocenters. The number of halogens is 1. The van der Waals surface area contributed by atoms with Crippen LogP contribution in [0.3, 0.4) is 0 Å². The molecule has 1 heterocycles. The average Bonchev–Trinajstić information content (AvgIpc) is 2.53. The first-order chi connectivity index (χ1) is 10.7. The number of methoxy groups -OCH3 is 1. The number of nitrogens with zero attached hydrogens (tertiary/aromatic N) is 1. The predicted molar refractivity (Wildman–Crippen MR) is 93.9 cm³/mol. The quantitative estimate of drug-likeness (QED) is 0.775. The van der Waals surface area contributed by atoms with Gasteiger partial charge in [-0.1, -0.05) is 12.1 Å². The van der Waals surface area contributed by atoms with Gasteiger partial charge < -0.3 is 9.47 Å². The third kappa shape index (κ3) is 3.77. The van der Waals surface area contributed by atoms with Crippen LogP contribution in [0.25, 0.3) is 11.6 Å². The van der Waals surface area contributed by atoms with E-state index in [-0.39, 0.29) is 18.4 Å². The Bertz CT molecular complexity index is 652. The Morgan fingerprint density at radius 2 is 2.17 bits per heavy atom. The molecule has 4 nitrogen and oxygen atoms in total. The zero-order chi connectivity index (χ0) is 15.5. The number of carbonyl (C=O) groups excluding carboxylic acids is 1. The molecule has 0 N–H and O–H groups in total. The van der Waals surface area contributed by atoms with Crippen LogP contribution in [0.4, 0.5) is 0 Å². The van der Waals surface area contributed by atoms with Crippen LogP contribution in [-0.2, 0) is 9.53 Å². The predicted octanol–water partition coefficient (Wildman–Crippen LogP) is 3.17. The van der Waals surface area contributed by atoms with Gasteiger partial charge in [0.15, 0.2) is 0 Å². The SMILES string of the molecule is CCOC(=O)C1=CCCN(CC2=Cc3ccc(OC)cc32)C1.Cl. The van der Waals surface area contributed by atoms with Crippen LogP contribution < -0.4 is 4.74 Å². The molecule has 1 aromatic rings. The summed E-state index contributed by atoms with van der Waals surface area (Å²) in [6.45, 7) is 4.75.